The van der Waals surface area contributed by atoms with Crippen LogP contribution in [0.15, 0.2) is 0 Å². The second-order valence-corrected chi connectivity index (χ2v) is 7.06. The first-order chi connectivity index (χ1) is 3.81. The molecular formula is C4H13O2Si2. The van der Waals surface area contributed by atoms with Crippen molar-refractivity contribution in [1.29, 1.82) is 0 Å². The number of hydrogen-bond donors (Lipinski definition) is 0. The zero-order chi connectivity index (χ0) is 6.41. The molecule has 0 atom stereocenters. The van der Waals surface area contributed by atoms with Gasteiger partial charge in [0.15, 0.2) is 19.5 Å². The maximum atomic E-state index is 4.99. The highest BCUT2D eigenvalue weighted by molar-refractivity contribution is 6.52. The SMILES string of the molecule is [CH2]C([SiH2]OC)[SiH2]OC. The Morgan fingerprint density at radius 2 is 1.62 bits per heavy atom. The van der Waals surface area contributed by atoms with E-state index in [9.17, 15) is 0 Å². The van der Waals surface area contributed by atoms with Crippen molar-refractivity contribution >= 4 is 19.5 Å². The molecule has 8 heavy (non-hydrogen) atoms. The molecule has 0 rings (SSSR count). The molecule has 0 bridgehead atoms. The zero-order valence-electron chi connectivity index (χ0n) is 5.52. The largest absolute Gasteiger partial charge is 0.427 e. The van der Waals surface area contributed by atoms with E-state index in [4.69, 9.17) is 8.85 Å². The first-order valence-electron chi connectivity index (χ1n) is 2.62. The molecule has 49 valence electrons. The molecule has 0 unspecified atom stereocenters. The van der Waals surface area contributed by atoms with Crippen LogP contribution in [0, 0.1) is 6.92 Å². The molecule has 0 amide bonds. The maximum Gasteiger partial charge on any atom is 0.163 e. The molecule has 0 saturated heterocycles. The van der Waals surface area contributed by atoms with Crippen LogP contribution >= 0.6 is 0 Å². The van der Waals surface area contributed by atoms with Crippen molar-refractivity contribution in [2.75, 3.05) is 14.2 Å². The van der Waals surface area contributed by atoms with E-state index in [2.05, 4.69) is 6.92 Å². The minimum Gasteiger partial charge on any atom is -0.427 e. The normalized spacial score (nSPS) is 16.9. The molecule has 4 heteroatoms. The van der Waals surface area contributed by atoms with E-state index in [0.717, 1.165) is 0 Å². The maximum absolute atomic E-state index is 4.99. The molecule has 0 aliphatic carbocycles. The Morgan fingerprint density at radius 1 is 1.25 bits per heavy atom. The summed E-state index contributed by atoms with van der Waals surface area (Å²) in [5.74, 6) is 0. The Hall–Kier alpha value is 0.354. The van der Waals surface area contributed by atoms with Gasteiger partial charge in [-0.2, -0.15) is 0 Å². The lowest BCUT2D eigenvalue weighted by molar-refractivity contribution is 0.423. The molecule has 0 spiro atoms. The van der Waals surface area contributed by atoms with Crippen molar-refractivity contribution < 1.29 is 8.85 Å². The molecule has 0 aromatic carbocycles. The van der Waals surface area contributed by atoms with E-state index in [1.54, 1.807) is 14.2 Å². The van der Waals surface area contributed by atoms with Gasteiger partial charge in [-0.05, 0) is 5.16 Å². The summed E-state index contributed by atoms with van der Waals surface area (Å²) in [6, 6.07) is 0. The molecule has 0 saturated carbocycles. The van der Waals surface area contributed by atoms with Crippen LogP contribution in [0.4, 0.5) is 0 Å². The molecule has 0 aliphatic rings. The van der Waals surface area contributed by atoms with Crippen LogP contribution < -0.4 is 0 Å². The Kier molecular flexibility index (Phi) is 5.73. The number of hydrogen-bond acceptors (Lipinski definition) is 2. The molecule has 2 nitrogen and oxygen atoms in total. The quantitative estimate of drug-likeness (QED) is 0.479. The second kappa shape index (κ2) is 5.49. The minimum atomic E-state index is -0.339. The molecule has 1 radical (unpaired) electrons. The monoisotopic (exact) mass is 149 g/mol. The highest BCUT2D eigenvalue weighted by Gasteiger charge is 2.00. The van der Waals surface area contributed by atoms with Crippen molar-refractivity contribution in [2.24, 2.45) is 0 Å². The topological polar surface area (TPSA) is 18.5 Å². The third-order valence-corrected chi connectivity index (χ3v) is 3.83. The van der Waals surface area contributed by atoms with E-state index >= 15 is 0 Å². The summed E-state index contributed by atoms with van der Waals surface area (Å²) in [5, 5.41) is 0.546. The highest BCUT2D eigenvalue weighted by Crippen LogP contribution is 1.95. The lowest BCUT2D eigenvalue weighted by Crippen LogP contribution is -2.11. The van der Waals surface area contributed by atoms with Gasteiger partial charge in [0.25, 0.3) is 0 Å². The average Bonchev–Trinajstić information content (AvgIpc) is 1.68. The van der Waals surface area contributed by atoms with Gasteiger partial charge in [-0.15, -0.1) is 0 Å². The Balaban J connectivity index is 2.92. The van der Waals surface area contributed by atoms with Gasteiger partial charge in [0.2, 0.25) is 0 Å². The summed E-state index contributed by atoms with van der Waals surface area (Å²) in [5.41, 5.74) is 0. The van der Waals surface area contributed by atoms with Crippen LogP contribution in [0.25, 0.3) is 0 Å². The summed E-state index contributed by atoms with van der Waals surface area (Å²) in [6.07, 6.45) is 0. The van der Waals surface area contributed by atoms with Gasteiger partial charge >= 0.3 is 0 Å². The second-order valence-electron chi connectivity index (χ2n) is 1.78. The third-order valence-electron chi connectivity index (χ3n) is 0.805. The Labute approximate surface area is 55.5 Å². The van der Waals surface area contributed by atoms with Gasteiger partial charge in [0.1, 0.15) is 0 Å². The lowest BCUT2D eigenvalue weighted by atomic mass is 11.0. The van der Waals surface area contributed by atoms with Gasteiger partial charge in [-0.1, -0.05) is 6.92 Å². The Morgan fingerprint density at radius 3 is 1.88 bits per heavy atom. The van der Waals surface area contributed by atoms with Crippen LogP contribution in [0.5, 0.6) is 0 Å². The van der Waals surface area contributed by atoms with Gasteiger partial charge in [-0.3, -0.25) is 0 Å². The summed E-state index contributed by atoms with van der Waals surface area (Å²) in [4.78, 5) is 0. The Bertz CT molecular complexity index is 45.3. The standard InChI is InChI=1S/C4H13O2Si2/c1-4(7-5-2)8-6-3/h4H,1,7-8H2,2-3H3. The first-order valence-corrected chi connectivity index (χ1v) is 5.41. The van der Waals surface area contributed by atoms with Gasteiger partial charge in [0, 0.05) is 14.2 Å². The fraction of sp³-hybridized carbons (Fsp3) is 0.750. The number of rotatable bonds is 4. The van der Waals surface area contributed by atoms with Crippen LogP contribution in [0.2, 0.25) is 5.16 Å². The van der Waals surface area contributed by atoms with Gasteiger partial charge in [0.05, 0.1) is 0 Å². The van der Waals surface area contributed by atoms with E-state index in [1.165, 1.54) is 0 Å². The van der Waals surface area contributed by atoms with E-state index in [-0.39, 0.29) is 19.5 Å². The molecule has 0 aromatic heterocycles. The fourth-order valence-electron chi connectivity index (χ4n) is 0.520. The molecule has 0 aromatic rings. The lowest BCUT2D eigenvalue weighted by Gasteiger charge is -2.04. The highest BCUT2D eigenvalue weighted by atomic mass is 28.3. The predicted molar refractivity (Wildman–Crippen MR) is 40.2 cm³/mol. The van der Waals surface area contributed by atoms with Crippen molar-refractivity contribution in [1.82, 2.24) is 0 Å². The summed E-state index contributed by atoms with van der Waals surface area (Å²) >= 11 is 0. The molecule has 0 aliphatic heterocycles. The van der Waals surface area contributed by atoms with Gasteiger partial charge < -0.3 is 8.85 Å². The predicted octanol–water partition coefficient (Wildman–Crippen LogP) is -0.973. The zero-order valence-corrected chi connectivity index (χ0v) is 8.34. The summed E-state index contributed by atoms with van der Waals surface area (Å²) in [6.45, 7) is 3.89. The molecule has 0 heterocycles. The molecular weight excluding hydrogens is 136 g/mol. The van der Waals surface area contributed by atoms with Crippen molar-refractivity contribution in [3.63, 3.8) is 0 Å². The molecule has 0 fully saturated rings. The van der Waals surface area contributed by atoms with Crippen molar-refractivity contribution in [3.05, 3.63) is 6.92 Å². The van der Waals surface area contributed by atoms with E-state index in [1.807, 2.05) is 0 Å². The van der Waals surface area contributed by atoms with E-state index < -0.39 is 0 Å². The van der Waals surface area contributed by atoms with Crippen LogP contribution in [0.1, 0.15) is 0 Å². The van der Waals surface area contributed by atoms with Crippen molar-refractivity contribution in [3.8, 4) is 0 Å². The van der Waals surface area contributed by atoms with Gasteiger partial charge in [-0.25, -0.2) is 0 Å². The van der Waals surface area contributed by atoms with Crippen LogP contribution in [-0.4, -0.2) is 33.7 Å². The fourth-order valence-corrected chi connectivity index (χ4v) is 3.26. The minimum absolute atomic E-state index is 0.339. The smallest absolute Gasteiger partial charge is 0.163 e. The molecule has 0 N–H and O–H groups in total. The van der Waals surface area contributed by atoms with Crippen LogP contribution in [0.3, 0.4) is 0 Å². The average molecular weight is 149 g/mol. The van der Waals surface area contributed by atoms with E-state index in [0.29, 0.717) is 5.16 Å². The van der Waals surface area contributed by atoms with Crippen molar-refractivity contribution in [2.45, 2.75) is 5.16 Å². The summed E-state index contributed by atoms with van der Waals surface area (Å²) in [7, 11) is 2.81. The third kappa shape index (κ3) is 4.51. The first kappa shape index (κ1) is 8.35. The van der Waals surface area contributed by atoms with Crippen LogP contribution in [-0.2, 0) is 8.85 Å². The summed E-state index contributed by atoms with van der Waals surface area (Å²) < 4.78 is 9.97.